The first kappa shape index (κ1) is 26.6. The molecule has 0 aliphatic heterocycles. The summed E-state index contributed by atoms with van der Waals surface area (Å²) in [5.41, 5.74) is 20.2. The average molecular weight is 620 g/mol. The molecule has 0 amide bonds. The van der Waals surface area contributed by atoms with Gasteiger partial charge in [0.25, 0.3) is 0 Å². The number of nitrogens with one attached hydrogen (secondary N) is 1. The molecule has 2 aliphatic carbocycles. The molecule has 0 radical (unpaired) electrons. The molecule has 0 bridgehead atoms. The van der Waals surface area contributed by atoms with Gasteiger partial charge in [0.15, 0.2) is 0 Å². The van der Waals surface area contributed by atoms with E-state index in [1.165, 1.54) is 105 Å². The van der Waals surface area contributed by atoms with Gasteiger partial charge in [-0.1, -0.05) is 121 Å². The maximum atomic E-state index is 3.34. The fraction of sp³-hybridized carbons (Fsp3) is 0. The van der Waals surface area contributed by atoms with Crippen LogP contribution in [0.15, 0.2) is 170 Å². The molecular weight excluding hydrogens is 591 g/mol. The van der Waals surface area contributed by atoms with Crippen molar-refractivity contribution in [1.29, 1.82) is 0 Å². The summed E-state index contributed by atoms with van der Waals surface area (Å²) in [4.78, 5) is 3.34. The number of rotatable bonds is 4. The van der Waals surface area contributed by atoms with Gasteiger partial charge in [0.2, 0.25) is 0 Å². The summed E-state index contributed by atoms with van der Waals surface area (Å²) in [6, 6.07) is 61.0. The minimum Gasteiger partial charge on any atom is -0.361 e. The molecule has 9 aromatic rings. The van der Waals surface area contributed by atoms with Crippen molar-refractivity contribution in [3.05, 3.63) is 170 Å². The van der Waals surface area contributed by atoms with Gasteiger partial charge < -0.3 is 4.98 Å². The van der Waals surface area contributed by atoms with Crippen molar-refractivity contribution >= 4 is 21.5 Å². The van der Waals surface area contributed by atoms with E-state index in [-0.39, 0.29) is 0 Å². The molecule has 8 aromatic carbocycles. The lowest BCUT2D eigenvalue weighted by atomic mass is 9.90. The van der Waals surface area contributed by atoms with Crippen LogP contribution in [0.3, 0.4) is 0 Å². The number of aromatic amines is 1. The van der Waals surface area contributed by atoms with Crippen LogP contribution in [-0.2, 0) is 0 Å². The van der Waals surface area contributed by atoms with E-state index in [0.29, 0.717) is 0 Å². The maximum Gasteiger partial charge on any atom is 0.0453 e. The summed E-state index contributed by atoms with van der Waals surface area (Å²) in [6.07, 6.45) is 1.98. The normalized spacial score (nSPS) is 12.1. The highest BCUT2D eigenvalue weighted by molar-refractivity contribution is 6.17. The summed E-state index contributed by atoms with van der Waals surface area (Å²) < 4.78 is 0. The molecule has 226 valence electrons. The van der Waals surface area contributed by atoms with E-state index < -0.39 is 0 Å². The third-order valence-electron chi connectivity index (χ3n) is 10.7. The lowest BCUT2D eigenvalue weighted by Gasteiger charge is -2.14. The molecule has 1 nitrogen and oxygen atoms in total. The van der Waals surface area contributed by atoms with Crippen molar-refractivity contribution in [2.24, 2.45) is 0 Å². The zero-order chi connectivity index (χ0) is 32.1. The van der Waals surface area contributed by atoms with Gasteiger partial charge in [-0.2, -0.15) is 0 Å². The molecule has 1 N–H and O–H groups in total. The van der Waals surface area contributed by atoms with Crippen LogP contribution in [0.4, 0.5) is 0 Å². The third kappa shape index (κ3) is 3.94. The zero-order valence-electron chi connectivity index (χ0n) is 26.7. The first-order valence-electron chi connectivity index (χ1n) is 17.0. The molecule has 49 heavy (non-hydrogen) atoms. The van der Waals surface area contributed by atoms with Crippen molar-refractivity contribution in [2.75, 3.05) is 0 Å². The highest BCUT2D eigenvalue weighted by Crippen LogP contribution is 2.50. The van der Waals surface area contributed by atoms with Gasteiger partial charge in [-0.15, -0.1) is 0 Å². The summed E-state index contributed by atoms with van der Waals surface area (Å²) in [6.45, 7) is 0. The Morgan fingerprint density at radius 2 is 0.694 bits per heavy atom. The van der Waals surface area contributed by atoms with Crippen molar-refractivity contribution < 1.29 is 0 Å². The van der Waals surface area contributed by atoms with Crippen LogP contribution >= 0.6 is 0 Å². The summed E-state index contributed by atoms with van der Waals surface area (Å²) in [7, 11) is 0. The van der Waals surface area contributed by atoms with Crippen LogP contribution < -0.4 is 0 Å². The zero-order valence-corrected chi connectivity index (χ0v) is 26.7. The molecule has 0 spiro atoms. The van der Waals surface area contributed by atoms with Crippen LogP contribution in [-0.4, -0.2) is 4.98 Å². The molecule has 1 heterocycles. The van der Waals surface area contributed by atoms with Gasteiger partial charge in [0, 0.05) is 11.9 Å². The van der Waals surface area contributed by atoms with Crippen molar-refractivity contribution in [3.8, 4) is 89.1 Å². The monoisotopic (exact) mass is 619 g/mol. The number of H-pyrrole nitrogens is 1. The van der Waals surface area contributed by atoms with Gasteiger partial charge >= 0.3 is 0 Å². The lowest BCUT2D eigenvalue weighted by molar-refractivity contribution is 1.40. The van der Waals surface area contributed by atoms with Crippen LogP contribution in [0.1, 0.15) is 0 Å². The molecule has 2 aliphatic rings. The van der Waals surface area contributed by atoms with E-state index in [1.807, 2.05) is 12.3 Å². The van der Waals surface area contributed by atoms with Crippen LogP contribution in [0.25, 0.3) is 111 Å². The molecule has 1 aromatic heterocycles. The Kier molecular flexibility index (Phi) is 5.45. The van der Waals surface area contributed by atoms with Gasteiger partial charge in [0.1, 0.15) is 0 Å². The Morgan fingerprint density at radius 1 is 0.265 bits per heavy atom. The van der Waals surface area contributed by atoms with E-state index in [1.54, 1.807) is 0 Å². The predicted molar refractivity (Wildman–Crippen MR) is 206 cm³/mol. The van der Waals surface area contributed by atoms with E-state index in [2.05, 4.69) is 163 Å². The average Bonchev–Trinajstić information content (AvgIpc) is 3.90. The highest BCUT2D eigenvalue weighted by atomic mass is 14.7. The Labute approximate surface area is 284 Å². The molecule has 0 atom stereocenters. The number of hydrogen-bond acceptors (Lipinski definition) is 0. The summed E-state index contributed by atoms with van der Waals surface area (Å²) in [5.74, 6) is 0. The van der Waals surface area contributed by atoms with Gasteiger partial charge in [-0.05, 0) is 147 Å². The number of hydrogen-bond donors (Lipinski definition) is 1. The number of aromatic nitrogens is 1. The maximum absolute atomic E-state index is 3.34. The van der Waals surface area contributed by atoms with Gasteiger partial charge in [-0.25, -0.2) is 0 Å². The fourth-order valence-electron chi connectivity index (χ4n) is 8.42. The van der Waals surface area contributed by atoms with Crippen molar-refractivity contribution in [2.45, 2.75) is 0 Å². The van der Waals surface area contributed by atoms with E-state index >= 15 is 0 Å². The Hall–Kier alpha value is -6.44. The topological polar surface area (TPSA) is 15.8 Å². The van der Waals surface area contributed by atoms with Gasteiger partial charge in [-0.3, -0.25) is 0 Å². The largest absolute Gasteiger partial charge is 0.361 e. The fourth-order valence-corrected chi connectivity index (χ4v) is 8.42. The Balaban J connectivity index is 1.09. The standard InChI is InChI=1S/C48H29N/c1-6-31-8-3-12-42-44-27-33(19-21-38(44)40(10-1)47(31)42)36-24-35(29-15-17-30(18-16-29)46-14-5-23-49-46)25-37(26-36)34-20-22-39-41-11-2-7-32-9-4-13-43(48(32)41)45(39)28-34/h1-28,49H. The van der Waals surface area contributed by atoms with Crippen LogP contribution in [0.5, 0.6) is 0 Å². The molecule has 0 saturated carbocycles. The second kappa shape index (κ2) is 10.0. The van der Waals surface area contributed by atoms with Crippen LogP contribution in [0, 0.1) is 0 Å². The Morgan fingerprint density at radius 3 is 1.16 bits per heavy atom. The van der Waals surface area contributed by atoms with Crippen molar-refractivity contribution in [1.82, 2.24) is 4.98 Å². The van der Waals surface area contributed by atoms with E-state index in [9.17, 15) is 0 Å². The number of benzene rings is 8. The first-order chi connectivity index (χ1) is 24.3. The minimum atomic E-state index is 1.13. The SMILES string of the molecule is c1c[nH]c(-c2ccc(-c3cc(-c4ccc5c(c4)-c4cccc6cccc-5c46)cc(-c4ccc5c(c4)-c4cccc6cccc-5c46)c3)cc2)c1. The minimum absolute atomic E-state index is 1.13. The second-order valence-electron chi connectivity index (χ2n) is 13.4. The molecule has 0 fully saturated rings. The molecule has 0 unspecified atom stereocenters. The summed E-state index contributed by atoms with van der Waals surface area (Å²) >= 11 is 0. The summed E-state index contributed by atoms with van der Waals surface area (Å²) in [5, 5.41) is 5.33. The molecule has 0 saturated heterocycles. The van der Waals surface area contributed by atoms with E-state index in [0.717, 1.165) is 5.69 Å². The third-order valence-corrected chi connectivity index (χ3v) is 10.7. The van der Waals surface area contributed by atoms with Gasteiger partial charge in [0.05, 0.1) is 0 Å². The smallest absolute Gasteiger partial charge is 0.0453 e. The molecular formula is C48H29N. The second-order valence-corrected chi connectivity index (χ2v) is 13.4. The number of fused-ring (bicyclic) bond motifs is 6. The van der Waals surface area contributed by atoms with E-state index in [4.69, 9.17) is 0 Å². The molecule has 11 rings (SSSR count). The van der Waals surface area contributed by atoms with Crippen molar-refractivity contribution in [3.63, 3.8) is 0 Å². The first-order valence-corrected chi connectivity index (χ1v) is 17.0. The highest BCUT2D eigenvalue weighted by Gasteiger charge is 2.23. The molecule has 1 heteroatoms. The lowest BCUT2D eigenvalue weighted by Crippen LogP contribution is -1.88. The predicted octanol–water partition coefficient (Wildman–Crippen LogP) is 13.3. The van der Waals surface area contributed by atoms with Crippen LogP contribution in [0.2, 0.25) is 0 Å². The Bertz CT molecular complexity index is 2640. The quantitative estimate of drug-likeness (QED) is 0.202.